The summed E-state index contributed by atoms with van der Waals surface area (Å²) in [5, 5.41) is 1.02. The van der Waals surface area contributed by atoms with E-state index in [0.717, 1.165) is 33.4 Å². The lowest BCUT2D eigenvalue weighted by Crippen LogP contribution is -2.07. The first-order valence-electron chi connectivity index (χ1n) is 8.60. The fourth-order valence-electron chi connectivity index (χ4n) is 2.85. The molecule has 0 spiro atoms. The largest absolute Gasteiger partial charge is 0.480 e. The average molecular weight is 361 g/mol. The molecule has 3 aromatic heterocycles. The Morgan fingerprint density at radius 3 is 2.44 bits per heavy atom. The molecule has 7 heteroatoms. The van der Waals surface area contributed by atoms with E-state index in [-0.39, 0.29) is 6.10 Å². The number of H-pyrrole nitrogens is 1. The molecular formula is C20H19N5O2. The highest BCUT2D eigenvalue weighted by atomic mass is 16.5. The third kappa shape index (κ3) is 3.44. The van der Waals surface area contributed by atoms with Crippen molar-refractivity contribution in [2.75, 3.05) is 7.11 Å². The van der Waals surface area contributed by atoms with E-state index in [9.17, 15) is 0 Å². The van der Waals surface area contributed by atoms with E-state index < -0.39 is 0 Å². The average Bonchev–Trinajstić information content (AvgIpc) is 3.11. The van der Waals surface area contributed by atoms with E-state index in [2.05, 4.69) is 31.0 Å². The smallest absolute Gasteiger partial charge is 0.233 e. The van der Waals surface area contributed by atoms with Crippen LogP contribution in [0.2, 0.25) is 0 Å². The highest BCUT2D eigenvalue weighted by Crippen LogP contribution is 2.31. The molecule has 0 unspecified atom stereocenters. The van der Waals surface area contributed by atoms with Crippen LogP contribution in [0.3, 0.4) is 0 Å². The number of hydrogen-bond donors (Lipinski definition) is 1. The maximum Gasteiger partial charge on any atom is 0.233 e. The number of nitrogens with zero attached hydrogens (tertiary/aromatic N) is 4. The van der Waals surface area contributed by atoms with Crippen LogP contribution >= 0.6 is 0 Å². The molecule has 0 atom stereocenters. The molecule has 0 amide bonds. The topological polar surface area (TPSA) is 85.8 Å². The number of nitrogens with one attached hydrogen (secondary N) is 1. The Hall–Kier alpha value is -3.48. The summed E-state index contributed by atoms with van der Waals surface area (Å²) in [4.78, 5) is 20.8. The second kappa shape index (κ2) is 7.03. The number of methoxy groups -OCH3 is 1. The van der Waals surface area contributed by atoms with Gasteiger partial charge in [0, 0.05) is 28.2 Å². The number of hydrogen-bond acceptors (Lipinski definition) is 6. The molecule has 7 nitrogen and oxygen atoms in total. The van der Waals surface area contributed by atoms with Crippen LogP contribution in [0.1, 0.15) is 13.8 Å². The molecule has 0 aliphatic heterocycles. The molecule has 0 bridgehead atoms. The maximum absolute atomic E-state index is 5.66. The molecular weight excluding hydrogens is 342 g/mol. The molecule has 0 aliphatic rings. The lowest BCUT2D eigenvalue weighted by molar-refractivity contribution is 0.232. The highest BCUT2D eigenvalue weighted by molar-refractivity contribution is 5.96. The molecule has 136 valence electrons. The van der Waals surface area contributed by atoms with Crippen molar-refractivity contribution >= 4 is 10.9 Å². The quantitative estimate of drug-likeness (QED) is 0.581. The van der Waals surface area contributed by atoms with Gasteiger partial charge in [-0.15, -0.1) is 0 Å². The van der Waals surface area contributed by atoms with Crippen molar-refractivity contribution in [1.82, 2.24) is 24.9 Å². The highest BCUT2D eigenvalue weighted by Gasteiger charge is 2.12. The van der Waals surface area contributed by atoms with E-state index >= 15 is 0 Å². The number of ether oxygens (including phenoxy) is 2. The van der Waals surface area contributed by atoms with Crippen molar-refractivity contribution in [3.05, 3.63) is 49.2 Å². The van der Waals surface area contributed by atoms with Crippen molar-refractivity contribution in [3.8, 4) is 34.3 Å². The monoisotopic (exact) mass is 361 g/mol. The van der Waals surface area contributed by atoms with E-state index in [1.54, 1.807) is 31.9 Å². The van der Waals surface area contributed by atoms with Gasteiger partial charge in [-0.3, -0.25) is 9.97 Å². The molecule has 4 aromatic rings. The van der Waals surface area contributed by atoms with Gasteiger partial charge in [0.2, 0.25) is 11.8 Å². The summed E-state index contributed by atoms with van der Waals surface area (Å²) in [6.45, 7) is 3.92. The summed E-state index contributed by atoms with van der Waals surface area (Å²) in [6, 6.07) is 6.08. The zero-order valence-corrected chi connectivity index (χ0v) is 15.3. The van der Waals surface area contributed by atoms with Crippen LogP contribution in [0.4, 0.5) is 0 Å². The van der Waals surface area contributed by atoms with Gasteiger partial charge in [-0.25, -0.2) is 9.97 Å². The molecule has 27 heavy (non-hydrogen) atoms. The molecule has 0 saturated carbocycles. The zero-order chi connectivity index (χ0) is 18.8. The lowest BCUT2D eigenvalue weighted by Gasteiger charge is -2.09. The summed E-state index contributed by atoms with van der Waals surface area (Å²) in [5.74, 6) is 0.984. The Balaban J connectivity index is 1.78. The standard InChI is InChI=1S/C20H19N5O2/c1-12(2)27-20-11-21-8-17(24-20)13-4-5-16-14(6-13)15(7-23-16)18-9-22-10-19(25-18)26-3/h4-12,23H,1-3H3. The lowest BCUT2D eigenvalue weighted by atomic mass is 10.1. The number of fused-ring (bicyclic) bond motifs is 1. The van der Waals surface area contributed by atoms with Crippen LogP contribution in [0, 0.1) is 0 Å². The molecule has 1 N–H and O–H groups in total. The second-order valence-electron chi connectivity index (χ2n) is 6.32. The first-order chi connectivity index (χ1) is 13.1. The van der Waals surface area contributed by atoms with Gasteiger partial charge >= 0.3 is 0 Å². The SMILES string of the molecule is COc1cncc(-c2c[nH]c3ccc(-c4cncc(OC(C)C)n4)cc23)n1. The van der Waals surface area contributed by atoms with Crippen molar-refractivity contribution in [3.63, 3.8) is 0 Å². The summed E-state index contributed by atoms with van der Waals surface area (Å²) >= 11 is 0. The summed E-state index contributed by atoms with van der Waals surface area (Å²) in [6.07, 6.45) is 8.61. The van der Waals surface area contributed by atoms with E-state index in [1.165, 1.54) is 0 Å². The predicted octanol–water partition coefficient (Wildman–Crippen LogP) is 3.88. The fraction of sp³-hybridized carbons (Fsp3) is 0.200. The molecule has 0 radical (unpaired) electrons. The van der Waals surface area contributed by atoms with Crippen molar-refractivity contribution in [2.24, 2.45) is 0 Å². The minimum absolute atomic E-state index is 0.0416. The van der Waals surface area contributed by atoms with Crippen LogP contribution in [0.5, 0.6) is 11.8 Å². The fourth-order valence-corrected chi connectivity index (χ4v) is 2.85. The number of rotatable bonds is 5. The van der Waals surface area contributed by atoms with Crippen LogP contribution in [0.15, 0.2) is 49.2 Å². The van der Waals surface area contributed by atoms with Gasteiger partial charge in [-0.05, 0) is 26.0 Å². The third-order valence-electron chi connectivity index (χ3n) is 4.04. The van der Waals surface area contributed by atoms with Gasteiger partial charge in [0.15, 0.2) is 0 Å². The molecule has 0 fully saturated rings. The van der Waals surface area contributed by atoms with Crippen LogP contribution in [-0.4, -0.2) is 38.1 Å². The minimum atomic E-state index is 0.0416. The Morgan fingerprint density at radius 2 is 1.67 bits per heavy atom. The molecule has 1 aromatic carbocycles. The molecule has 3 heterocycles. The van der Waals surface area contributed by atoms with Gasteiger partial charge in [0.25, 0.3) is 0 Å². The van der Waals surface area contributed by atoms with Gasteiger partial charge in [-0.1, -0.05) is 6.07 Å². The molecule has 0 aliphatic carbocycles. The van der Waals surface area contributed by atoms with E-state index in [1.807, 2.05) is 32.2 Å². The summed E-state index contributed by atoms with van der Waals surface area (Å²) in [5.41, 5.74) is 4.38. The second-order valence-corrected chi connectivity index (χ2v) is 6.32. The van der Waals surface area contributed by atoms with Gasteiger partial charge < -0.3 is 14.5 Å². The zero-order valence-electron chi connectivity index (χ0n) is 15.3. The van der Waals surface area contributed by atoms with Gasteiger partial charge in [-0.2, -0.15) is 0 Å². The van der Waals surface area contributed by atoms with Crippen molar-refractivity contribution in [2.45, 2.75) is 20.0 Å². The Bertz CT molecular complexity index is 1090. The van der Waals surface area contributed by atoms with Crippen LogP contribution in [0.25, 0.3) is 33.4 Å². The molecule has 0 saturated heterocycles. The Kier molecular flexibility index (Phi) is 4.42. The number of aromatic amines is 1. The van der Waals surface area contributed by atoms with Crippen LogP contribution in [-0.2, 0) is 0 Å². The van der Waals surface area contributed by atoms with Gasteiger partial charge in [0.1, 0.15) is 0 Å². The first-order valence-corrected chi connectivity index (χ1v) is 8.60. The number of aromatic nitrogens is 5. The van der Waals surface area contributed by atoms with Crippen molar-refractivity contribution < 1.29 is 9.47 Å². The summed E-state index contributed by atoms with van der Waals surface area (Å²) in [7, 11) is 1.58. The van der Waals surface area contributed by atoms with Crippen LogP contribution < -0.4 is 9.47 Å². The maximum atomic E-state index is 5.66. The minimum Gasteiger partial charge on any atom is -0.480 e. The van der Waals surface area contributed by atoms with Gasteiger partial charge in [0.05, 0.1) is 49.4 Å². The summed E-state index contributed by atoms with van der Waals surface area (Å²) < 4.78 is 10.8. The normalized spacial score (nSPS) is 11.1. The predicted molar refractivity (Wildman–Crippen MR) is 103 cm³/mol. The van der Waals surface area contributed by atoms with E-state index in [0.29, 0.717) is 11.8 Å². The molecule has 4 rings (SSSR count). The third-order valence-corrected chi connectivity index (χ3v) is 4.04. The van der Waals surface area contributed by atoms with Crippen molar-refractivity contribution in [1.29, 1.82) is 0 Å². The Morgan fingerprint density at radius 1 is 0.926 bits per heavy atom. The first kappa shape index (κ1) is 17.0. The van der Waals surface area contributed by atoms with E-state index in [4.69, 9.17) is 9.47 Å². The Labute approximate surface area is 156 Å². The number of benzene rings is 1.